The first-order valence-corrected chi connectivity index (χ1v) is 12.7. The third kappa shape index (κ3) is 3.91. The number of carbonyl (C=O) groups excluding carboxylic acids is 3. The molecule has 3 aliphatic heterocycles. The van der Waals surface area contributed by atoms with Crippen LogP contribution in [0.2, 0.25) is 0 Å². The van der Waals surface area contributed by atoms with Crippen LogP contribution in [0.1, 0.15) is 58.6 Å². The Morgan fingerprint density at radius 3 is 2.71 bits per heavy atom. The average molecular weight is 475 g/mol. The molecule has 2 saturated heterocycles. The first-order valence-electron chi connectivity index (χ1n) is 11.9. The van der Waals surface area contributed by atoms with Crippen molar-refractivity contribution in [2.75, 3.05) is 13.1 Å². The highest BCUT2D eigenvalue weighted by Crippen LogP contribution is 2.34. The lowest BCUT2D eigenvalue weighted by atomic mass is 9.87. The maximum atomic E-state index is 12.9. The van der Waals surface area contributed by atoms with E-state index in [-0.39, 0.29) is 24.1 Å². The van der Waals surface area contributed by atoms with Crippen LogP contribution < -0.4 is 5.32 Å². The molecule has 0 bridgehead atoms. The summed E-state index contributed by atoms with van der Waals surface area (Å²) < 4.78 is 1.23. The quantitative estimate of drug-likeness (QED) is 0.586. The zero-order valence-corrected chi connectivity index (χ0v) is 19.6. The van der Waals surface area contributed by atoms with E-state index in [9.17, 15) is 14.4 Å². The zero-order chi connectivity index (χ0) is 23.2. The Balaban J connectivity index is 1.10. The van der Waals surface area contributed by atoms with Gasteiger partial charge in [0, 0.05) is 25.1 Å². The van der Waals surface area contributed by atoms with Crippen LogP contribution in [-0.2, 0) is 22.7 Å². The summed E-state index contributed by atoms with van der Waals surface area (Å²) in [6, 6.07) is 12.2. The topological polar surface area (TPSA) is 82.6 Å². The van der Waals surface area contributed by atoms with Gasteiger partial charge in [-0.15, -0.1) is 11.3 Å². The Kier molecular flexibility index (Phi) is 5.42. The van der Waals surface area contributed by atoms with Gasteiger partial charge in [0.2, 0.25) is 11.8 Å². The van der Waals surface area contributed by atoms with Gasteiger partial charge in [-0.2, -0.15) is 0 Å². The van der Waals surface area contributed by atoms with E-state index in [2.05, 4.69) is 45.5 Å². The molecule has 1 unspecified atom stereocenters. The number of imide groups is 1. The number of nitrogens with one attached hydrogen (secondary N) is 1. The second-order valence-corrected chi connectivity index (χ2v) is 10.4. The van der Waals surface area contributed by atoms with Crippen molar-refractivity contribution in [3.05, 3.63) is 64.2 Å². The number of benzene rings is 2. The number of carbonyl (C=O) groups is 3. The van der Waals surface area contributed by atoms with Crippen LogP contribution in [0.5, 0.6) is 0 Å². The molecule has 7 nitrogen and oxygen atoms in total. The number of piperidine rings is 2. The van der Waals surface area contributed by atoms with E-state index in [1.54, 1.807) is 16.2 Å². The fourth-order valence-corrected chi connectivity index (χ4v) is 6.19. The number of hydrogen-bond acceptors (Lipinski definition) is 6. The molecule has 3 aromatic rings. The highest BCUT2D eigenvalue weighted by molar-refractivity contribution is 7.16. The molecule has 1 N–H and O–H groups in total. The molecule has 8 heteroatoms. The fourth-order valence-electron chi connectivity index (χ4n) is 5.53. The summed E-state index contributed by atoms with van der Waals surface area (Å²) in [4.78, 5) is 45.3. The molecular formula is C26H26N4O3S. The summed E-state index contributed by atoms with van der Waals surface area (Å²) in [5.41, 5.74) is 7.24. The van der Waals surface area contributed by atoms with E-state index in [0.717, 1.165) is 43.6 Å². The Hall–Kier alpha value is -3.10. The Morgan fingerprint density at radius 1 is 1.03 bits per heavy atom. The lowest BCUT2D eigenvalue weighted by Gasteiger charge is -2.32. The van der Waals surface area contributed by atoms with Crippen molar-refractivity contribution in [1.29, 1.82) is 0 Å². The SMILES string of the molecule is O=C1CCC(N2Cc3cc(C4CCN(Cc5ccc6scnc6c5)CC4)ccc3C2=O)C(=O)N1. The second kappa shape index (κ2) is 8.60. The molecule has 0 spiro atoms. The van der Waals surface area contributed by atoms with Gasteiger partial charge in [-0.05, 0) is 73.2 Å². The summed E-state index contributed by atoms with van der Waals surface area (Å²) in [6.45, 7) is 3.46. The number of amides is 3. The molecule has 3 amide bonds. The smallest absolute Gasteiger partial charge is 0.255 e. The highest BCUT2D eigenvalue weighted by atomic mass is 32.1. The molecule has 2 aromatic carbocycles. The normalized spacial score (nSPS) is 21.8. The molecule has 0 saturated carbocycles. The van der Waals surface area contributed by atoms with Crippen LogP contribution >= 0.6 is 11.3 Å². The zero-order valence-electron chi connectivity index (χ0n) is 18.8. The van der Waals surface area contributed by atoms with Gasteiger partial charge in [-0.1, -0.05) is 18.2 Å². The van der Waals surface area contributed by atoms with Crippen molar-refractivity contribution in [3.63, 3.8) is 0 Å². The van der Waals surface area contributed by atoms with Gasteiger partial charge in [0.1, 0.15) is 6.04 Å². The van der Waals surface area contributed by atoms with Gasteiger partial charge < -0.3 is 4.90 Å². The number of aromatic nitrogens is 1. The van der Waals surface area contributed by atoms with Gasteiger partial charge in [-0.3, -0.25) is 24.6 Å². The standard InChI is InChI=1S/C26H26N4O3S/c31-24-6-4-22(25(32)28-24)30-14-19-12-18(2-3-20(19)26(30)33)17-7-9-29(10-8-17)13-16-1-5-23-21(11-16)27-15-34-23/h1-3,5,11-12,15,17,22H,4,6-10,13-14H2,(H,28,31,32). The van der Waals surface area contributed by atoms with E-state index in [0.29, 0.717) is 24.4 Å². The average Bonchev–Trinajstić information content (AvgIpc) is 3.43. The van der Waals surface area contributed by atoms with Gasteiger partial charge in [0.05, 0.1) is 15.7 Å². The number of likely N-dealkylation sites (tertiary alicyclic amines) is 1. The van der Waals surface area contributed by atoms with Gasteiger partial charge in [0.15, 0.2) is 0 Å². The van der Waals surface area contributed by atoms with Gasteiger partial charge in [-0.25, -0.2) is 4.98 Å². The van der Waals surface area contributed by atoms with Crippen molar-refractivity contribution in [3.8, 4) is 0 Å². The number of fused-ring (bicyclic) bond motifs is 2. The minimum absolute atomic E-state index is 0.108. The minimum Gasteiger partial charge on any atom is -0.322 e. The largest absolute Gasteiger partial charge is 0.322 e. The van der Waals surface area contributed by atoms with Crippen molar-refractivity contribution in [2.45, 2.75) is 50.7 Å². The van der Waals surface area contributed by atoms with Gasteiger partial charge >= 0.3 is 0 Å². The summed E-state index contributed by atoms with van der Waals surface area (Å²) in [6.07, 6.45) is 2.84. The van der Waals surface area contributed by atoms with Crippen LogP contribution in [0.3, 0.4) is 0 Å². The molecule has 4 heterocycles. The van der Waals surface area contributed by atoms with Crippen LogP contribution in [0.25, 0.3) is 10.2 Å². The summed E-state index contributed by atoms with van der Waals surface area (Å²) >= 11 is 1.67. The number of thiazole rings is 1. The van der Waals surface area contributed by atoms with Crippen molar-refractivity contribution >= 4 is 39.3 Å². The van der Waals surface area contributed by atoms with Crippen LogP contribution in [0, 0.1) is 0 Å². The Labute approximate surface area is 201 Å². The maximum absolute atomic E-state index is 12.9. The van der Waals surface area contributed by atoms with E-state index in [1.165, 1.54) is 15.8 Å². The molecule has 1 atom stereocenters. The molecular weight excluding hydrogens is 448 g/mol. The summed E-state index contributed by atoms with van der Waals surface area (Å²) in [7, 11) is 0. The molecule has 3 aliphatic rings. The molecule has 6 rings (SSSR count). The van der Waals surface area contributed by atoms with Crippen LogP contribution in [-0.4, -0.2) is 51.6 Å². The number of rotatable bonds is 4. The van der Waals surface area contributed by atoms with E-state index < -0.39 is 6.04 Å². The third-order valence-corrected chi connectivity index (χ3v) is 8.22. The fraction of sp³-hybridized carbons (Fsp3) is 0.385. The highest BCUT2D eigenvalue weighted by Gasteiger charge is 2.39. The molecule has 34 heavy (non-hydrogen) atoms. The monoisotopic (exact) mass is 474 g/mol. The van der Waals surface area contributed by atoms with Crippen LogP contribution in [0.15, 0.2) is 41.9 Å². The third-order valence-electron chi connectivity index (χ3n) is 7.41. The molecule has 174 valence electrons. The maximum Gasteiger partial charge on any atom is 0.255 e. The van der Waals surface area contributed by atoms with Crippen LogP contribution in [0.4, 0.5) is 0 Å². The lowest BCUT2D eigenvalue weighted by Crippen LogP contribution is -2.52. The van der Waals surface area contributed by atoms with Crippen molar-refractivity contribution in [1.82, 2.24) is 20.1 Å². The summed E-state index contributed by atoms with van der Waals surface area (Å²) in [5.74, 6) is -0.257. The van der Waals surface area contributed by atoms with E-state index >= 15 is 0 Å². The van der Waals surface area contributed by atoms with Crippen molar-refractivity contribution in [2.24, 2.45) is 0 Å². The first-order chi connectivity index (χ1) is 16.5. The van der Waals surface area contributed by atoms with E-state index in [1.807, 2.05) is 11.6 Å². The first kappa shape index (κ1) is 21.4. The van der Waals surface area contributed by atoms with Crippen molar-refractivity contribution < 1.29 is 14.4 Å². The Morgan fingerprint density at radius 2 is 1.88 bits per heavy atom. The lowest BCUT2D eigenvalue weighted by molar-refractivity contribution is -0.136. The predicted molar refractivity (Wildman–Crippen MR) is 129 cm³/mol. The molecule has 1 aromatic heterocycles. The number of nitrogens with zero attached hydrogens (tertiary/aromatic N) is 3. The van der Waals surface area contributed by atoms with Gasteiger partial charge in [0.25, 0.3) is 5.91 Å². The predicted octanol–water partition coefficient (Wildman–Crippen LogP) is 3.44. The molecule has 0 radical (unpaired) electrons. The minimum atomic E-state index is -0.562. The molecule has 0 aliphatic carbocycles. The second-order valence-electron chi connectivity index (χ2n) is 9.52. The number of hydrogen-bond donors (Lipinski definition) is 1. The Bertz CT molecular complexity index is 1290. The summed E-state index contributed by atoms with van der Waals surface area (Å²) in [5, 5.41) is 2.37. The van der Waals surface area contributed by atoms with E-state index in [4.69, 9.17) is 0 Å². The molecule has 2 fully saturated rings.